The van der Waals surface area contributed by atoms with Crippen molar-refractivity contribution in [3.63, 3.8) is 0 Å². The maximum absolute atomic E-state index is 13.0. The van der Waals surface area contributed by atoms with Gasteiger partial charge >= 0.3 is 5.97 Å². The minimum atomic E-state index is -1.80. The van der Waals surface area contributed by atoms with Gasteiger partial charge in [-0.25, -0.2) is 13.6 Å². The first kappa shape index (κ1) is 10.6. The van der Waals surface area contributed by atoms with Crippen molar-refractivity contribution in [2.75, 3.05) is 7.11 Å². The third kappa shape index (κ3) is 1.88. The van der Waals surface area contributed by atoms with E-state index in [-0.39, 0.29) is 0 Å². The van der Waals surface area contributed by atoms with Gasteiger partial charge in [0.15, 0.2) is 17.7 Å². The van der Waals surface area contributed by atoms with Crippen molar-refractivity contribution in [2.45, 2.75) is 6.10 Å². The normalized spacial score (nSPS) is 12.3. The highest BCUT2D eigenvalue weighted by Gasteiger charge is 2.22. The quantitative estimate of drug-likeness (QED) is 0.732. The van der Waals surface area contributed by atoms with Crippen LogP contribution in [0.25, 0.3) is 0 Å². The number of esters is 1. The van der Waals surface area contributed by atoms with Crippen molar-refractivity contribution in [1.29, 1.82) is 0 Å². The lowest BCUT2D eigenvalue weighted by Gasteiger charge is -2.09. The Hall–Kier alpha value is -1.49. The molecule has 5 heteroatoms. The summed E-state index contributed by atoms with van der Waals surface area (Å²) < 4.78 is 29.9. The van der Waals surface area contributed by atoms with Crippen LogP contribution in [0.5, 0.6) is 0 Å². The van der Waals surface area contributed by atoms with E-state index >= 15 is 0 Å². The molecule has 0 heterocycles. The molecule has 0 amide bonds. The van der Waals surface area contributed by atoms with Crippen LogP contribution in [0, 0.1) is 11.6 Å². The van der Waals surface area contributed by atoms with Gasteiger partial charge in [-0.05, 0) is 6.07 Å². The number of ether oxygens (including phenoxy) is 1. The molecule has 1 aromatic rings. The number of carbonyl (C=O) groups is 1. The number of hydrogen-bond donors (Lipinski definition) is 1. The number of benzene rings is 1. The first-order chi connectivity index (χ1) is 6.57. The van der Waals surface area contributed by atoms with Crippen molar-refractivity contribution >= 4 is 5.97 Å². The van der Waals surface area contributed by atoms with E-state index in [1.54, 1.807) is 0 Å². The van der Waals surface area contributed by atoms with Crippen molar-refractivity contribution in [1.82, 2.24) is 0 Å². The molecule has 0 aliphatic heterocycles. The van der Waals surface area contributed by atoms with Crippen molar-refractivity contribution in [2.24, 2.45) is 0 Å². The van der Waals surface area contributed by atoms with Crippen molar-refractivity contribution in [3.8, 4) is 0 Å². The van der Waals surface area contributed by atoms with Gasteiger partial charge in [0.1, 0.15) is 0 Å². The highest BCUT2D eigenvalue weighted by molar-refractivity contribution is 5.76. The van der Waals surface area contributed by atoms with Crippen LogP contribution < -0.4 is 0 Å². The van der Waals surface area contributed by atoms with Crippen LogP contribution in [0.4, 0.5) is 8.78 Å². The van der Waals surface area contributed by atoms with Crippen LogP contribution in [-0.4, -0.2) is 18.2 Å². The Bertz CT molecular complexity index is 352. The highest BCUT2D eigenvalue weighted by Crippen LogP contribution is 2.19. The predicted octanol–water partition coefficient (Wildman–Crippen LogP) is 1.17. The van der Waals surface area contributed by atoms with Crippen molar-refractivity contribution in [3.05, 3.63) is 35.4 Å². The fourth-order valence-electron chi connectivity index (χ4n) is 0.970. The van der Waals surface area contributed by atoms with Gasteiger partial charge in [0.2, 0.25) is 0 Å². The lowest BCUT2D eigenvalue weighted by Crippen LogP contribution is -2.15. The summed E-state index contributed by atoms with van der Waals surface area (Å²) in [5, 5.41) is 9.21. The fraction of sp³-hybridized carbons (Fsp3) is 0.222. The Morgan fingerprint density at radius 1 is 1.50 bits per heavy atom. The maximum Gasteiger partial charge on any atom is 0.339 e. The zero-order valence-electron chi connectivity index (χ0n) is 7.33. The molecule has 0 aliphatic rings. The molecule has 0 aliphatic carbocycles. The third-order valence-electron chi connectivity index (χ3n) is 1.70. The zero-order valence-corrected chi connectivity index (χ0v) is 7.33. The van der Waals surface area contributed by atoms with Gasteiger partial charge in [0, 0.05) is 5.56 Å². The first-order valence-corrected chi connectivity index (χ1v) is 3.77. The van der Waals surface area contributed by atoms with E-state index in [9.17, 15) is 18.7 Å². The third-order valence-corrected chi connectivity index (χ3v) is 1.70. The summed E-state index contributed by atoms with van der Waals surface area (Å²) in [5.41, 5.74) is -0.433. The summed E-state index contributed by atoms with van der Waals surface area (Å²) in [7, 11) is 1.04. The second-order valence-electron chi connectivity index (χ2n) is 2.57. The number of hydrogen-bond acceptors (Lipinski definition) is 3. The largest absolute Gasteiger partial charge is 0.467 e. The average molecular weight is 202 g/mol. The Balaban J connectivity index is 3.07. The fourth-order valence-corrected chi connectivity index (χ4v) is 0.970. The number of aliphatic hydroxyl groups is 1. The van der Waals surface area contributed by atoms with Gasteiger partial charge in [-0.1, -0.05) is 12.1 Å². The summed E-state index contributed by atoms with van der Waals surface area (Å²) >= 11 is 0. The lowest BCUT2D eigenvalue weighted by atomic mass is 10.1. The number of carbonyl (C=O) groups excluding carboxylic acids is 1. The molecule has 0 saturated heterocycles. The Morgan fingerprint density at radius 2 is 2.14 bits per heavy atom. The number of methoxy groups -OCH3 is 1. The minimum Gasteiger partial charge on any atom is -0.467 e. The van der Waals surface area contributed by atoms with Gasteiger partial charge in [-0.15, -0.1) is 0 Å². The van der Waals surface area contributed by atoms with Gasteiger partial charge < -0.3 is 9.84 Å². The van der Waals surface area contributed by atoms with E-state index in [0.29, 0.717) is 0 Å². The van der Waals surface area contributed by atoms with E-state index in [1.165, 1.54) is 6.07 Å². The molecule has 1 aromatic carbocycles. The van der Waals surface area contributed by atoms with Crippen LogP contribution in [-0.2, 0) is 9.53 Å². The second kappa shape index (κ2) is 4.15. The molecular weight excluding hydrogens is 194 g/mol. The molecule has 1 rings (SSSR count). The molecule has 1 atom stereocenters. The Labute approximate surface area is 78.9 Å². The van der Waals surface area contributed by atoms with Crippen LogP contribution in [0.1, 0.15) is 11.7 Å². The topological polar surface area (TPSA) is 46.5 Å². The highest BCUT2D eigenvalue weighted by atomic mass is 19.2. The predicted molar refractivity (Wildman–Crippen MR) is 43.3 cm³/mol. The van der Waals surface area contributed by atoms with E-state index in [0.717, 1.165) is 19.2 Å². The van der Waals surface area contributed by atoms with Crippen LogP contribution in [0.3, 0.4) is 0 Å². The van der Waals surface area contributed by atoms with Crippen LogP contribution in [0.2, 0.25) is 0 Å². The van der Waals surface area contributed by atoms with E-state index in [2.05, 4.69) is 4.74 Å². The Morgan fingerprint density at radius 3 is 2.71 bits per heavy atom. The standard InChI is InChI=1S/C9H8F2O3/c1-14-9(13)8(12)5-3-2-4-6(10)7(5)11/h2-4,8,12H,1H3/t8-/m1/s1. The Kier molecular flexibility index (Phi) is 3.14. The second-order valence-corrected chi connectivity index (χ2v) is 2.57. The summed E-state index contributed by atoms with van der Waals surface area (Å²) in [5.74, 6) is -3.40. The molecular formula is C9H8F2O3. The molecule has 0 saturated carbocycles. The van der Waals surface area contributed by atoms with Crippen LogP contribution in [0.15, 0.2) is 18.2 Å². The monoisotopic (exact) mass is 202 g/mol. The molecule has 0 spiro atoms. The summed E-state index contributed by atoms with van der Waals surface area (Å²) in [6.07, 6.45) is -1.80. The zero-order chi connectivity index (χ0) is 10.7. The molecule has 0 radical (unpaired) electrons. The van der Waals surface area contributed by atoms with Crippen LogP contribution >= 0.6 is 0 Å². The SMILES string of the molecule is COC(=O)[C@H](O)c1cccc(F)c1F. The molecule has 14 heavy (non-hydrogen) atoms. The number of aliphatic hydroxyl groups excluding tert-OH is 1. The summed E-state index contributed by atoms with van der Waals surface area (Å²) in [6, 6.07) is 3.20. The molecule has 0 unspecified atom stereocenters. The average Bonchev–Trinajstić information content (AvgIpc) is 2.20. The molecule has 3 nitrogen and oxygen atoms in total. The summed E-state index contributed by atoms with van der Waals surface area (Å²) in [6.45, 7) is 0. The summed E-state index contributed by atoms with van der Waals surface area (Å²) in [4.78, 5) is 10.8. The maximum atomic E-state index is 13.0. The minimum absolute atomic E-state index is 0.433. The van der Waals surface area contributed by atoms with Gasteiger partial charge in [0.25, 0.3) is 0 Å². The smallest absolute Gasteiger partial charge is 0.339 e. The van der Waals surface area contributed by atoms with E-state index < -0.39 is 29.3 Å². The van der Waals surface area contributed by atoms with E-state index in [4.69, 9.17) is 0 Å². The van der Waals surface area contributed by atoms with Gasteiger partial charge in [0.05, 0.1) is 7.11 Å². The molecule has 1 N–H and O–H groups in total. The molecule has 76 valence electrons. The van der Waals surface area contributed by atoms with Gasteiger partial charge in [-0.2, -0.15) is 0 Å². The van der Waals surface area contributed by atoms with Crippen molar-refractivity contribution < 1.29 is 23.4 Å². The number of halogens is 2. The first-order valence-electron chi connectivity index (χ1n) is 3.77. The van der Waals surface area contributed by atoms with Gasteiger partial charge in [-0.3, -0.25) is 0 Å². The van der Waals surface area contributed by atoms with E-state index in [1.807, 2.05) is 0 Å². The molecule has 0 fully saturated rings. The molecule has 0 aromatic heterocycles. The lowest BCUT2D eigenvalue weighted by molar-refractivity contribution is -0.150. The molecule has 0 bridgehead atoms. The number of rotatable bonds is 2.